The number of imidazole rings is 1. The second-order valence-electron chi connectivity index (χ2n) is 8.05. The number of hydrogen-bond acceptors (Lipinski definition) is 3. The maximum absolute atomic E-state index is 13.0. The highest BCUT2D eigenvalue weighted by Crippen LogP contribution is 2.35. The molecule has 1 atom stereocenters. The van der Waals surface area contributed by atoms with Crippen LogP contribution in [0.4, 0.5) is 0 Å². The lowest BCUT2D eigenvalue weighted by atomic mass is 10.2. The number of fused-ring (bicyclic) bond motifs is 1. The van der Waals surface area contributed by atoms with Gasteiger partial charge >= 0.3 is 0 Å². The fraction of sp³-hybridized carbons (Fsp3) is 0.417. The molecule has 0 saturated carbocycles. The highest BCUT2D eigenvalue weighted by Gasteiger charge is 2.33. The summed E-state index contributed by atoms with van der Waals surface area (Å²) in [5.74, 6) is 1.84. The minimum Gasteiger partial charge on any atom is -0.492 e. The lowest BCUT2D eigenvalue weighted by Crippen LogP contribution is -2.32. The van der Waals surface area contributed by atoms with Crippen LogP contribution in [-0.4, -0.2) is 33.5 Å². The number of carbonyl (C=O) groups excluding carboxylic acids is 1. The SMILES string of the molecule is CC(C)n1c(C2CCCN2C(=O)CCCOc2ccccc2Cl)nc2ccccc21. The van der Waals surface area contributed by atoms with Crippen LogP contribution in [0.3, 0.4) is 0 Å². The van der Waals surface area contributed by atoms with E-state index in [1.807, 2.05) is 41.3 Å². The third-order valence-corrected chi connectivity index (χ3v) is 5.95. The Morgan fingerprint density at radius 1 is 1.20 bits per heavy atom. The van der Waals surface area contributed by atoms with Crippen LogP contribution in [0.15, 0.2) is 48.5 Å². The predicted molar refractivity (Wildman–Crippen MR) is 120 cm³/mol. The molecule has 2 aromatic carbocycles. The van der Waals surface area contributed by atoms with Crippen molar-refractivity contribution < 1.29 is 9.53 Å². The third kappa shape index (κ3) is 4.17. The molecule has 1 aromatic heterocycles. The number of rotatable bonds is 7. The van der Waals surface area contributed by atoms with Crippen LogP contribution in [0.2, 0.25) is 5.02 Å². The van der Waals surface area contributed by atoms with Crippen LogP contribution in [0.1, 0.15) is 57.4 Å². The van der Waals surface area contributed by atoms with Gasteiger partial charge in [-0.25, -0.2) is 4.98 Å². The standard InChI is InChI=1S/C24H28ClN3O2/c1-17(2)28-20-11-5-4-10-19(20)26-24(28)21-12-7-15-27(21)23(29)14-8-16-30-22-13-6-3-9-18(22)25/h3-6,9-11,13,17,21H,7-8,12,14-16H2,1-2H3. The molecule has 1 unspecified atom stereocenters. The molecule has 1 amide bonds. The van der Waals surface area contributed by atoms with Crippen molar-refractivity contribution in [2.75, 3.05) is 13.2 Å². The highest BCUT2D eigenvalue weighted by atomic mass is 35.5. The van der Waals surface area contributed by atoms with E-state index in [2.05, 4.69) is 24.5 Å². The van der Waals surface area contributed by atoms with Crippen molar-refractivity contribution in [3.8, 4) is 5.75 Å². The summed E-state index contributed by atoms with van der Waals surface area (Å²) < 4.78 is 8.02. The summed E-state index contributed by atoms with van der Waals surface area (Å²) in [6.07, 6.45) is 3.09. The molecule has 0 bridgehead atoms. The van der Waals surface area contributed by atoms with Crippen LogP contribution < -0.4 is 4.74 Å². The lowest BCUT2D eigenvalue weighted by molar-refractivity contribution is -0.132. The normalized spacial score (nSPS) is 16.5. The molecule has 0 N–H and O–H groups in total. The average molecular weight is 426 g/mol. The van der Waals surface area contributed by atoms with Gasteiger partial charge in [0.2, 0.25) is 5.91 Å². The fourth-order valence-electron chi connectivity index (χ4n) is 4.29. The first-order valence-electron chi connectivity index (χ1n) is 10.7. The van der Waals surface area contributed by atoms with Gasteiger partial charge in [0.1, 0.15) is 11.6 Å². The van der Waals surface area contributed by atoms with Gasteiger partial charge in [-0.3, -0.25) is 4.79 Å². The van der Waals surface area contributed by atoms with Gasteiger partial charge in [0.05, 0.1) is 28.7 Å². The van der Waals surface area contributed by atoms with Gasteiger partial charge in [-0.2, -0.15) is 0 Å². The van der Waals surface area contributed by atoms with E-state index < -0.39 is 0 Å². The van der Waals surface area contributed by atoms with E-state index in [9.17, 15) is 4.79 Å². The maximum Gasteiger partial charge on any atom is 0.223 e. The van der Waals surface area contributed by atoms with E-state index >= 15 is 0 Å². The van der Waals surface area contributed by atoms with Crippen LogP contribution >= 0.6 is 11.6 Å². The zero-order chi connectivity index (χ0) is 21.1. The molecule has 0 spiro atoms. The Morgan fingerprint density at radius 3 is 2.77 bits per heavy atom. The van der Waals surface area contributed by atoms with Gasteiger partial charge in [0.15, 0.2) is 0 Å². The smallest absolute Gasteiger partial charge is 0.223 e. The number of aromatic nitrogens is 2. The van der Waals surface area contributed by atoms with Crippen LogP contribution in [0, 0.1) is 0 Å². The first kappa shape index (κ1) is 20.7. The summed E-state index contributed by atoms with van der Waals surface area (Å²) >= 11 is 6.12. The number of ether oxygens (including phenoxy) is 1. The number of likely N-dealkylation sites (tertiary alicyclic amines) is 1. The van der Waals surface area contributed by atoms with Gasteiger partial charge < -0.3 is 14.2 Å². The second-order valence-corrected chi connectivity index (χ2v) is 8.46. The monoisotopic (exact) mass is 425 g/mol. The Bertz CT molecular complexity index is 1030. The second kappa shape index (κ2) is 9.09. The first-order valence-corrected chi connectivity index (χ1v) is 11.1. The molecule has 1 aliphatic rings. The van der Waals surface area contributed by atoms with Crippen LogP contribution in [0.25, 0.3) is 11.0 Å². The van der Waals surface area contributed by atoms with Gasteiger partial charge in [-0.05, 0) is 57.4 Å². The van der Waals surface area contributed by atoms with Crippen molar-refractivity contribution in [3.63, 3.8) is 0 Å². The zero-order valence-corrected chi connectivity index (χ0v) is 18.3. The summed E-state index contributed by atoms with van der Waals surface area (Å²) in [4.78, 5) is 19.9. The molecule has 4 rings (SSSR count). The number of carbonyl (C=O) groups is 1. The van der Waals surface area contributed by atoms with E-state index in [-0.39, 0.29) is 18.0 Å². The minimum absolute atomic E-state index is 0.0387. The van der Waals surface area contributed by atoms with E-state index in [1.54, 1.807) is 6.07 Å². The molecule has 1 aliphatic heterocycles. The number of para-hydroxylation sites is 3. The molecule has 2 heterocycles. The van der Waals surface area contributed by atoms with E-state index in [1.165, 1.54) is 0 Å². The molecule has 6 heteroatoms. The summed E-state index contributed by atoms with van der Waals surface area (Å²) in [5.41, 5.74) is 2.13. The molecule has 0 aliphatic carbocycles. The molecule has 158 valence electrons. The van der Waals surface area contributed by atoms with E-state index in [0.29, 0.717) is 30.2 Å². The molecular weight excluding hydrogens is 398 g/mol. The summed E-state index contributed by atoms with van der Waals surface area (Å²) in [6, 6.07) is 16.0. The maximum atomic E-state index is 13.0. The van der Waals surface area contributed by atoms with E-state index in [4.69, 9.17) is 21.3 Å². The largest absolute Gasteiger partial charge is 0.492 e. The van der Waals surface area contributed by atoms with Crippen molar-refractivity contribution in [3.05, 3.63) is 59.4 Å². The number of benzene rings is 2. The molecule has 1 saturated heterocycles. The summed E-state index contributed by atoms with van der Waals surface area (Å²) in [7, 11) is 0. The Kier molecular flexibility index (Phi) is 6.28. The average Bonchev–Trinajstić information content (AvgIpc) is 3.36. The topological polar surface area (TPSA) is 47.4 Å². The van der Waals surface area contributed by atoms with Crippen molar-refractivity contribution >= 4 is 28.5 Å². The van der Waals surface area contributed by atoms with Crippen molar-refractivity contribution in [2.45, 2.75) is 51.6 Å². The summed E-state index contributed by atoms with van der Waals surface area (Å²) in [5, 5.41) is 0.594. The van der Waals surface area contributed by atoms with Crippen LogP contribution in [0.5, 0.6) is 5.75 Å². The zero-order valence-electron chi connectivity index (χ0n) is 17.6. The molecule has 1 fully saturated rings. The Hall–Kier alpha value is -2.53. The third-order valence-electron chi connectivity index (χ3n) is 5.64. The van der Waals surface area contributed by atoms with Crippen molar-refractivity contribution in [2.24, 2.45) is 0 Å². The van der Waals surface area contributed by atoms with Gasteiger partial charge in [0.25, 0.3) is 0 Å². The first-order chi connectivity index (χ1) is 14.6. The number of hydrogen-bond donors (Lipinski definition) is 0. The molecule has 5 nitrogen and oxygen atoms in total. The quantitative estimate of drug-likeness (QED) is 0.450. The molecule has 30 heavy (non-hydrogen) atoms. The number of halogens is 1. The predicted octanol–water partition coefficient (Wildman–Crippen LogP) is 5.79. The Morgan fingerprint density at radius 2 is 1.97 bits per heavy atom. The van der Waals surface area contributed by atoms with E-state index in [0.717, 1.165) is 36.2 Å². The molecular formula is C24H28ClN3O2. The lowest BCUT2D eigenvalue weighted by Gasteiger charge is -2.26. The van der Waals surface area contributed by atoms with Crippen LogP contribution in [-0.2, 0) is 4.79 Å². The Balaban J connectivity index is 1.43. The van der Waals surface area contributed by atoms with Gasteiger partial charge in [-0.1, -0.05) is 35.9 Å². The van der Waals surface area contributed by atoms with Crippen molar-refractivity contribution in [1.29, 1.82) is 0 Å². The molecule has 0 radical (unpaired) electrons. The number of nitrogens with zero attached hydrogens (tertiary/aromatic N) is 3. The fourth-order valence-corrected chi connectivity index (χ4v) is 4.48. The highest BCUT2D eigenvalue weighted by molar-refractivity contribution is 6.32. The minimum atomic E-state index is 0.0387. The van der Waals surface area contributed by atoms with Crippen molar-refractivity contribution in [1.82, 2.24) is 14.5 Å². The van der Waals surface area contributed by atoms with Gasteiger partial charge in [-0.15, -0.1) is 0 Å². The summed E-state index contributed by atoms with van der Waals surface area (Å²) in [6.45, 7) is 5.60. The van der Waals surface area contributed by atoms with Gasteiger partial charge in [0, 0.05) is 19.0 Å². The number of amides is 1. The molecule has 3 aromatic rings. The Labute approximate surface area is 182 Å².